The summed E-state index contributed by atoms with van der Waals surface area (Å²) in [7, 11) is 0. The fourth-order valence-corrected chi connectivity index (χ4v) is 4.52. The summed E-state index contributed by atoms with van der Waals surface area (Å²) in [6, 6.07) is 14.2. The molecule has 0 radical (unpaired) electrons. The third kappa shape index (κ3) is 3.52. The molecular weight excluding hydrogens is 387 g/mol. The minimum absolute atomic E-state index is 0.00407. The van der Waals surface area contributed by atoms with Gasteiger partial charge in [-0.1, -0.05) is 12.1 Å². The topological polar surface area (TPSA) is 53.3 Å². The highest BCUT2D eigenvalue weighted by atomic mass is 32.1. The van der Waals surface area contributed by atoms with Gasteiger partial charge in [-0.2, -0.15) is 0 Å². The van der Waals surface area contributed by atoms with E-state index in [0.29, 0.717) is 11.7 Å². The summed E-state index contributed by atoms with van der Waals surface area (Å²) in [5.41, 5.74) is 4.75. The normalized spacial score (nSPS) is 18.9. The van der Waals surface area contributed by atoms with Gasteiger partial charge < -0.3 is 19.9 Å². The molecule has 1 fully saturated rings. The maximum Gasteiger partial charge on any atom is 0.170 e. The Morgan fingerprint density at radius 3 is 2.69 bits per heavy atom. The molecular formula is C22H23FN4OS. The minimum Gasteiger partial charge on any atom is -0.395 e. The quantitative estimate of drug-likeness (QED) is 0.630. The zero-order chi connectivity index (χ0) is 20.5. The molecule has 2 aromatic heterocycles. The van der Waals surface area contributed by atoms with E-state index in [2.05, 4.69) is 16.4 Å². The summed E-state index contributed by atoms with van der Waals surface area (Å²) >= 11 is 5.57. The van der Waals surface area contributed by atoms with Crippen LogP contribution in [-0.4, -0.2) is 37.8 Å². The van der Waals surface area contributed by atoms with Crippen LogP contribution in [0.25, 0.3) is 5.69 Å². The number of aliphatic hydroxyl groups is 1. The second-order valence-corrected chi connectivity index (χ2v) is 7.57. The molecule has 1 aromatic carbocycles. The second kappa shape index (κ2) is 7.93. The molecule has 2 N–H and O–H groups in total. The van der Waals surface area contributed by atoms with Gasteiger partial charge in [0, 0.05) is 29.8 Å². The molecule has 0 unspecified atom stereocenters. The van der Waals surface area contributed by atoms with Crippen molar-refractivity contribution in [2.24, 2.45) is 0 Å². The Balaban J connectivity index is 1.84. The first kappa shape index (κ1) is 19.5. The van der Waals surface area contributed by atoms with Crippen molar-refractivity contribution in [3.63, 3.8) is 0 Å². The molecule has 4 rings (SSSR count). The first-order valence-corrected chi connectivity index (χ1v) is 9.95. The summed E-state index contributed by atoms with van der Waals surface area (Å²) in [6.07, 6.45) is 1.77. The van der Waals surface area contributed by atoms with Crippen LogP contribution in [0.2, 0.25) is 0 Å². The Hall–Kier alpha value is -2.77. The molecule has 0 spiro atoms. The van der Waals surface area contributed by atoms with Crippen LogP contribution in [0.15, 0.2) is 54.7 Å². The molecule has 3 aromatic rings. The average Bonchev–Trinajstić information content (AvgIpc) is 3.18. The van der Waals surface area contributed by atoms with Crippen molar-refractivity contribution in [3.8, 4) is 5.69 Å². The summed E-state index contributed by atoms with van der Waals surface area (Å²) in [6.45, 7) is 4.45. The van der Waals surface area contributed by atoms with E-state index in [1.165, 1.54) is 12.1 Å². The lowest BCUT2D eigenvalue weighted by Gasteiger charge is -2.27. The van der Waals surface area contributed by atoms with Crippen LogP contribution >= 0.6 is 12.2 Å². The zero-order valence-corrected chi connectivity index (χ0v) is 17.2. The molecule has 0 aliphatic carbocycles. The Labute approximate surface area is 174 Å². The third-order valence-electron chi connectivity index (χ3n) is 5.39. The SMILES string of the molecule is Cc1cc([C@@H]2[C@H](c3ccccn3)NC(=S)N2CCO)c(C)n1-c1cccc(F)c1. The van der Waals surface area contributed by atoms with Crippen LogP contribution in [0.4, 0.5) is 4.39 Å². The van der Waals surface area contributed by atoms with E-state index < -0.39 is 0 Å². The van der Waals surface area contributed by atoms with Gasteiger partial charge >= 0.3 is 0 Å². The number of thiocarbonyl (C=S) groups is 1. The molecule has 0 saturated carbocycles. The molecule has 29 heavy (non-hydrogen) atoms. The number of β-amino-alcohol motifs (C(OH)–C–C–N with tert-alkyl or cyclic N) is 1. The molecule has 2 atom stereocenters. The lowest BCUT2D eigenvalue weighted by molar-refractivity contribution is 0.223. The third-order valence-corrected chi connectivity index (χ3v) is 5.75. The van der Waals surface area contributed by atoms with E-state index in [9.17, 15) is 9.50 Å². The minimum atomic E-state index is -0.270. The zero-order valence-electron chi connectivity index (χ0n) is 16.3. The van der Waals surface area contributed by atoms with Gasteiger partial charge in [0.05, 0.1) is 24.4 Å². The van der Waals surface area contributed by atoms with Gasteiger partial charge in [-0.15, -0.1) is 0 Å². The van der Waals surface area contributed by atoms with E-state index in [1.807, 2.05) is 47.6 Å². The first-order chi connectivity index (χ1) is 14.0. The molecule has 5 nitrogen and oxygen atoms in total. The Morgan fingerprint density at radius 1 is 1.17 bits per heavy atom. The lowest BCUT2D eigenvalue weighted by Crippen LogP contribution is -2.32. The number of pyridine rings is 1. The summed E-state index contributed by atoms with van der Waals surface area (Å²) in [5.74, 6) is -0.270. The maximum atomic E-state index is 13.8. The van der Waals surface area contributed by atoms with E-state index in [-0.39, 0.29) is 24.5 Å². The molecule has 1 aliphatic heterocycles. The van der Waals surface area contributed by atoms with Crippen molar-refractivity contribution in [3.05, 3.63) is 83.2 Å². The van der Waals surface area contributed by atoms with Crippen molar-refractivity contribution in [1.82, 2.24) is 19.8 Å². The average molecular weight is 411 g/mol. The molecule has 0 bridgehead atoms. The van der Waals surface area contributed by atoms with E-state index in [0.717, 1.165) is 28.3 Å². The number of hydrogen-bond donors (Lipinski definition) is 2. The number of rotatable bonds is 5. The van der Waals surface area contributed by atoms with E-state index in [4.69, 9.17) is 12.2 Å². The van der Waals surface area contributed by atoms with Gasteiger partial charge in [0.1, 0.15) is 5.82 Å². The summed E-state index contributed by atoms with van der Waals surface area (Å²) < 4.78 is 15.9. The fraction of sp³-hybridized carbons (Fsp3) is 0.273. The first-order valence-electron chi connectivity index (χ1n) is 9.55. The van der Waals surface area contributed by atoms with Crippen LogP contribution < -0.4 is 5.32 Å². The van der Waals surface area contributed by atoms with Gasteiger partial charge in [-0.05, 0) is 68.0 Å². The van der Waals surface area contributed by atoms with Gasteiger partial charge in [-0.25, -0.2) is 4.39 Å². The number of halogens is 1. The highest BCUT2D eigenvalue weighted by Gasteiger charge is 2.41. The number of hydrogen-bond acceptors (Lipinski definition) is 3. The van der Waals surface area contributed by atoms with Crippen LogP contribution in [-0.2, 0) is 0 Å². The van der Waals surface area contributed by atoms with Gasteiger partial charge in [0.2, 0.25) is 0 Å². The molecule has 7 heteroatoms. The van der Waals surface area contributed by atoms with E-state index >= 15 is 0 Å². The Kier molecular flexibility index (Phi) is 5.34. The largest absolute Gasteiger partial charge is 0.395 e. The molecule has 1 saturated heterocycles. The number of aromatic nitrogens is 2. The number of aryl methyl sites for hydroxylation is 1. The van der Waals surface area contributed by atoms with Crippen LogP contribution in [0.5, 0.6) is 0 Å². The van der Waals surface area contributed by atoms with Crippen molar-refractivity contribution in [2.75, 3.05) is 13.2 Å². The maximum absolute atomic E-state index is 13.8. The highest BCUT2D eigenvalue weighted by molar-refractivity contribution is 7.80. The Bertz CT molecular complexity index is 1040. The predicted octanol–water partition coefficient (Wildman–Crippen LogP) is 3.59. The smallest absolute Gasteiger partial charge is 0.170 e. The Morgan fingerprint density at radius 2 is 2.00 bits per heavy atom. The van der Waals surface area contributed by atoms with Crippen molar-refractivity contribution < 1.29 is 9.50 Å². The number of nitrogens with one attached hydrogen (secondary N) is 1. The molecule has 150 valence electrons. The van der Waals surface area contributed by atoms with Crippen molar-refractivity contribution in [2.45, 2.75) is 25.9 Å². The van der Waals surface area contributed by atoms with Gasteiger partial charge in [-0.3, -0.25) is 4.98 Å². The lowest BCUT2D eigenvalue weighted by atomic mass is 9.97. The summed E-state index contributed by atoms with van der Waals surface area (Å²) in [4.78, 5) is 6.53. The second-order valence-electron chi connectivity index (χ2n) is 7.19. The fourth-order valence-electron chi connectivity index (χ4n) is 4.19. The summed E-state index contributed by atoms with van der Waals surface area (Å²) in [5, 5.41) is 13.6. The highest BCUT2D eigenvalue weighted by Crippen LogP contribution is 2.41. The van der Waals surface area contributed by atoms with Crippen molar-refractivity contribution >= 4 is 17.3 Å². The van der Waals surface area contributed by atoms with E-state index in [1.54, 1.807) is 12.3 Å². The number of benzene rings is 1. The molecule has 0 amide bonds. The number of nitrogens with zero attached hydrogens (tertiary/aromatic N) is 3. The standard InChI is InChI=1S/C22H23FN4OS/c1-14-12-18(15(2)27(14)17-7-5-6-16(23)13-17)21-20(19-8-3-4-9-24-19)25-22(29)26(21)10-11-28/h3-9,12-13,20-21,28H,10-11H2,1-2H3,(H,25,29)/t20-,21+/m0/s1. The van der Waals surface area contributed by atoms with Crippen molar-refractivity contribution in [1.29, 1.82) is 0 Å². The number of aliphatic hydroxyl groups excluding tert-OH is 1. The van der Waals surface area contributed by atoms with Crippen LogP contribution in [0, 0.1) is 19.7 Å². The molecule has 1 aliphatic rings. The molecule has 3 heterocycles. The monoisotopic (exact) mass is 410 g/mol. The predicted molar refractivity (Wildman–Crippen MR) is 114 cm³/mol. The van der Waals surface area contributed by atoms with Gasteiger partial charge in [0.25, 0.3) is 0 Å². The van der Waals surface area contributed by atoms with Gasteiger partial charge in [0.15, 0.2) is 5.11 Å². The van der Waals surface area contributed by atoms with Crippen LogP contribution in [0.3, 0.4) is 0 Å². The van der Waals surface area contributed by atoms with Crippen LogP contribution in [0.1, 0.15) is 34.7 Å².